The van der Waals surface area contributed by atoms with Gasteiger partial charge in [0.2, 0.25) is 0 Å². The molecule has 6 heterocycles. The van der Waals surface area contributed by atoms with E-state index < -0.39 is 11.7 Å². The second-order valence-corrected chi connectivity index (χ2v) is 19.0. The van der Waals surface area contributed by atoms with E-state index >= 15 is 13.2 Å². The van der Waals surface area contributed by atoms with Gasteiger partial charge in [0.25, 0.3) is 0 Å². The Balaban J connectivity index is 1.27. The molecule has 0 aliphatic carbocycles. The number of halogens is 3. The van der Waals surface area contributed by atoms with Crippen molar-refractivity contribution in [1.29, 1.82) is 10.5 Å². The molecule has 6 aromatic carbocycles. The molecule has 6 aromatic heterocycles. The minimum Gasteiger partial charge on any atom is -0.308 e. The fraction of sp³-hybridized carbons (Fsp3) is 0.153. The van der Waals surface area contributed by atoms with Gasteiger partial charge in [-0.2, -0.15) is 23.7 Å². The van der Waals surface area contributed by atoms with Crippen molar-refractivity contribution in [3.05, 3.63) is 166 Å². The van der Waals surface area contributed by atoms with Crippen molar-refractivity contribution in [3.8, 4) is 80.2 Å². The fourth-order valence-electron chi connectivity index (χ4n) is 10.4. The van der Waals surface area contributed by atoms with Crippen LogP contribution in [0.3, 0.4) is 0 Å². The number of benzene rings is 6. The van der Waals surface area contributed by atoms with E-state index in [1.165, 1.54) is 12.1 Å². The van der Waals surface area contributed by atoms with Crippen LogP contribution >= 0.6 is 0 Å². The van der Waals surface area contributed by atoms with Crippen LogP contribution in [0.1, 0.15) is 63.3 Å². The van der Waals surface area contributed by atoms with E-state index in [-0.39, 0.29) is 33.6 Å². The molecule has 0 spiro atoms. The average Bonchev–Trinajstić information content (AvgIpc) is 4.15. The lowest BCUT2D eigenvalue weighted by atomic mass is 9.94. The molecule has 0 saturated heterocycles. The summed E-state index contributed by atoms with van der Waals surface area (Å²) in [6.07, 6.45) is -4.91. The van der Waals surface area contributed by atoms with Crippen LogP contribution in [0.25, 0.3) is 112 Å². The Morgan fingerprint density at radius 2 is 0.667 bits per heavy atom. The smallest absolute Gasteiger partial charge is 0.308 e. The summed E-state index contributed by atoms with van der Waals surface area (Å²) in [6.45, 7) is 14.2. The van der Waals surface area contributed by atoms with Gasteiger partial charge in [-0.3, -0.25) is 0 Å². The van der Waals surface area contributed by atoms with E-state index in [2.05, 4.69) is 26.0 Å². The largest absolute Gasteiger partial charge is 0.417 e. The van der Waals surface area contributed by atoms with Crippen LogP contribution in [-0.4, -0.2) is 68.9 Å². The summed E-state index contributed by atoms with van der Waals surface area (Å²) >= 11 is 0. The minimum absolute atomic E-state index is 0.0975. The molecule has 378 valence electrons. The van der Waals surface area contributed by atoms with Gasteiger partial charge in [0, 0.05) is 43.8 Å². The van der Waals surface area contributed by atoms with Crippen LogP contribution < -0.4 is 0 Å². The highest BCUT2D eigenvalue weighted by molar-refractivity contribution is 6.13. The van der Waals surface area contributed by atoms with E-state index in [9.17, 15) is 10.5 Å². The summed E-state index contributed by atoms with van der Waals surface area (Å²) in [4.78, 5) is 55.2. The summed E-state index contributed by atoms with van der Waals surface area (Å²) in [5.74, 6) is 5.71. The van der Waals surface area contributed by atoms with Crippen molar-refractivity contribution in [2.75, 3.05) is 0 Å². The molecule has 0 aliphatic heterocycles. The zero-order valence-corrected chi connectivity index (χ0v) is 43.1. The molecule has 0 aliphatic rings. The normalized spacial score (nSPS) is 11.8. The van der Waals surface area contributed by atoms with Gasteiger partial charge in [-0.15, -0.1) is 0 Å². The van der Waals surface area contributed by atoms with Crippen molar-refractivity contribution in [3.63, 3.8) is 0 Å². The molecule has 12 rings (SSSR count). The standard InChI is InChI=1S/C59H41F3N16/c1-28-65-29(2)70-55(69-28)37-10-15-43-44-16-11-38(56-71-30(3)66-31(4)72-56)21-50(44)77(49(43)20-37)53-24-41(42-14-9-36(26-63)19-48(42)59(60,61)62)25-54(47(53)27-64)78-51-22-39(57-73-32(5)67-33(6)74-57)12-17-45(51)46-18-13-40(23-52(46)78)58-75-34(7)68-35(8)76-58/h9-25H,1-8H3. The van der Waals surface area contributed by atoms with Gasteiger partial charge in [-0.05, 0) is 115 Å². The Morgan fingerprint density at radius 3 is 0.936 bits per heavy atom. The predicted octanol–water partition coefficient (Wildman–Crippen LogP) is 12.2. The molecular formula is C59H41F3N16. The van der Waals surface area contributed by atoms with Gasteiger partial charge in [0.15, 0.2) is 23.3 Å². The first-order valence-corrected chi connectivity index (χ1v) is 24.6. The Kier molecular flexibility index (Phi) is 11.4. The van der Waals surface area contributed by atoms with E-state index in [0.717, 1.165) is 27.6 Å². The van der Waals surface area contributed by atoms with Crippen LogP contribution in [0.15, 0.2) is 103 Å². The third-order valence-electron chi connectivity index (χ3n) is 13.5. The van der Waals surface area contributed by atoms with Crippen molar-refractivity contribution < 1.29 is 13.2 Å². The number of hydrogen-bond acceptors (Lipinski definition) is 14. The molecule has 0 bridgehead atoms. The van der Waals surface area contributed by atoms with Crippen LogP contribution in [0.5, 0.6) is 0 Å². The molecule has 0 amide bonds. The molecule has 16 nitrogen and oxygen atoms in total. The lowest BCUT2D eigenvalue weighted by molar-refractivity contribution is -0.137. The topological polar surface area (TPSA) is 212 Å². The third-order valence-corrected chi connectivity index (χ3v) is 13.5. The van der Waals surface area contributed by atoms with Gasteiger partial charge in [-0.1, -0.05) is 54.6 Å². The molecule has 0 unspecified atom stereocenters. The lowest BCUT2D eigenvalue weighted by Crippen LogP contribution is -2.09. The van der Waals surface area contributed by atoms with Crippen LogP contribution in [0.2, 0.25) is 0 Å². The maximum atomic E-state index is 15.6. The Labute approximate surface area is 442 Å². The number of aromatic nitrogens is 14. The highest BCUT2D eigenvalue weighted by Crippen LogP contribution is 2.45. The monoisotopic (exact) mass is 1030 g/mol. The first-order chi connectivity index (χ1) is 37.4. The van der Waals surface area contributed by atoms with E-state index in [0.29, 0.717) is 114 Å². The molecule has 0 saturated carbocycles. The van der Waals surface area contributed by atoms with Gasteiger partial charge in [0.1, 0.15) is 58.2 Å². The lowest BCUT2D eigenvalue weighted by Gasteiger charge is -2.20. The quantitative estimate of drug-likeness (QED) is 0.145. The predicted molar refractivity (Wildman–Crippen MR) is 288 cm³/mol. The molecular weight excluding hydrogens is 990 g/mol. The summed E-state index contributed by atoms with van der Waals surface area (Å²) in [5.41, 5.74) is 4.07. The summed E-state index contributed by atoms with van der Waals surface area (Å²) in [6, 6.07) is 34.2. The van der Waals surface area contributed by atoms with Gasteiger partial charge >= 0.3 is 6.18 Å². The van der Waals surface area contributed by atoms with Crippen molar-refractivity contribution >= 4 is 43.6 Å². The summed E-state index contributed by atoms with van der Waals surface area (Å²) in [7, 11) is 0. The van der Waals surface area contributed by atoms with Crippen molar-refractivity contribution in [2.45, 2.75) is 61.6 Å². The van der Waals surface area contributed by atoms with E-state index in [1.807, 2.05) is 88.0 Å². The first-order valence-electron chi connectivity index (χ1n) is 24.6. The zero-order valence-electron chi connectivity index (χ0n) is 43.1. The van der Waals surface area contributed by atoms with Crippen LogP contribution in [0.4, 0.5) is 13.2 Å². The minimum atomic E-state index is -4.91. The number of nitriles is 2. The van der Waals surface area contributed by atoms with Crippen LogP contribution in [0, 0.1) is 78.1 Å². The van der Waals surface area contributed by atoms with E-state index in [4.69, 9.17) is 39.9 Å². The SMILES string of the molecule is Cc1nc(C)nc(-c2ccc3c4ccc(-c5nc(C)nc(C)n5)cc4n(-c4cc(-c5ccc(C#N)cc5C(F)(F)F)cc(-n5c6cc(-c7nc(C)nc(C)n7)ccc6c6ccc(-c7nc(C)nc(C)n7)cc65)c4C#N)c3c2)n1. The Morgan fingerprint density at radius 1 is 0.359 bits per heavy atom. The fourth-order valence-corrected chi connectivity index (χ4v) is 10.4. The molecule has 0 radical (unpaired) electrons. The maximum Gasteiger partial charge on any atom is 0.417 e. The number of nitrogens with zero attached hydrogens (tertiary/aromatic N) is 16. The number of alkyl halides is 3. The average molecular weight is 1030 g/mol. The van der Waals surface area contributed by atoms with Crippen molar-refractivity contribution in [2.24, 2.45) is 0 Å². The molecule has 12 aromatic rings. The second kappa shape index (κ2) is 18.2. The maximum absolute atomic E-state index is 15.6. The third kappa shape index (κ3) is 8.43. The van der Waals surface area contributed by atoms with Crippen LogP contribution in [-0.2, 0) is 6.18 Å². The number of aryl methyl sites for hydroxylation is 8. The summed E-state index contributed by atoms with van der Waals surface area (Å²) in [5, 5.41) is 24.9. The molecule has 19 heteroatoms. The zero-order chi connectivity index (χ0) is 54.5. The van der Waals surface area contributed by atoms with Gasteiger partial charge < -0.3 is 9.13 Å². The highest BCUT2D eigenvalue weighted by Gasteiger charge is 2.35. The highest BCUT2D eigenvalue weighted by atomic mass is 19.4. The Bertz CT molecular complexity index is 4090. The van der Waals surface area contributed by atoms with E-state index in [1.54, 1.807) is 67.5 Å². The van der Waals surface area contributed by atoms with Gasteiger partial charge in [0.05, 0.1) is 50.6 Å². The number of hydrogen-bond donors (Lipinski definition) is 0. The van der Waals surface area contributed by atoms with Gasteiger partial charge in [-0.25, -0.2) is 59.8 Å². The Hall–Kier alpha value is -10.3. The summed E-state index contributed by atoms with van der Waals surface area (Å²) < 4.78 is 50.5. The first kappa shape index (κ1) is 48.7. The molecule has 78 heavy (non-hydrogen) atoms. The van der Waals surface area contributed by atoms with Crippen molar-refractivity contribution in [1.82, 2.24) is 68.9 Å². The number of fused-ring (bicyclic) bond motifs is 6. The molecule has 0 fully saturated rings. The molecule has 0 atom stereocenters. The molecule has 0 N–H and O–H groups in total. The number of rotatable bonds is 7. The second-order valence-electron chi connectivity index (χ2n) is 19.0.